The van der Waals surface area contributed by atoms with Crippen LogP contribution in [0.2, 0.25) is 0 Å². The highest BCUT2D eigenvalue weighted by atomic mass is 19.4. The van der Waals surface area contributed by atoms with E-state index in [1.807, 2.05) is 0 Å². The largest absolute Gasteiger partial charge is 0.417 e. The molecule has 1 aromatic carbocycles. The van der Waals surface area contributed by atoms with Crippen LogP contribution in [-0.2, 0) is 6.18 Å². The summed E-state index contributed by atoms with van der Waals surface area (Å²) in [4.78, 5) is 13.8. The van der Waals surface area contributed by atoms with Crippen molar-refractivity contribution in [2.75, 3.05) is 0 Å². The van der Waals surface area contributed by atoms with Gasteiger partial charge in [0.1, 0.15) is 0 Å². The molecule has 0 spiro atoms. The Kier molecular flexibility index (Phi) is 2.66. The highest BCUT2D eigenvalue weighted by Crippen LogP contribution is 2.35. The standard InChI is InChI=1S/C10H5F3N2O2/c11-10(12,13)7-4-2-1-3-6(7)9-14-8(5-16)17-15-9/h1-5H. The molecule has 0 atom stereocenters. The predicted molar refractivity (Wildman–Crippen MR) is 50.1 cm³/mol. The van der Waals surface area contributed by atoms with Crippen LogP contribution in [0.5, 0.6) is 0 Å². The van der Waals surface area contributed by atoms with Gasteiger partial charge in [0.2, 0.25) is 12.1 Å². The van der Waals surface area contributed by atoms with Gasteiger partial charge in [-0.1, -0.05) is 23.4 Å². The third kappa shape index (κ3) is 2.17. The van der Waals surface area contributed by atoms with Crippen LogP contribution in [0, 0.1) is 0 Å². The predicted octanol–water partition coefficient (Wildman–Crippen LogP) is 2.57. The molecule has 1 aromatic heterocycles. The molecule has 4 nitrogen and oxygen atoms in total. The van der Waals surface area contributed by atoms with Crippen molar-refractivity contribution >= 4 is 6.29 Å². The number of carbonyl (C=O) groups is 1. The number of benzene rings is 1. The molecule has 88 valence electrons. The topological polar surface area (TPSA) is 56.0 Å². The maximum absolute atomic E-state index is 12.7. The Morgan fingerprint density at radius 3 is 2.53 bits per heavy atom. The van der Waals surface area contributed by atoms with Crippen molar-refractivity contribution in [1.29, 1.82) is 0 Å². The van der Waals surface area contributed by atoms with Crippen molar-refractivity contribution < 1.29 is 22.5 Å². The molecule has 0 aliphatic heterocycles. The van der Waals surface area contributed by atoms with Gasteiger partial charge in [0.15, 0.2) is 0 Å². The van der Waals surface area contributed by atoms with E-state index in [0.717, 1.165) is 6.07 Å². The lowest BCUT2D eigenvalue weighted by atomic mass is 10.1. The molecule has 0 aliphatic rings. The van der Waals surface area contributed by atoms with Gasteiger partial charge >= 0.3 is 6.18 Å². The third-order valence-corrected chi connectivity index (χ3v) is 2.02. The molecule has 2 aromatic rings. The number of aldehydes is 1. The van der Waals surface area contributed by atoms with Gasteiger partial charge in [0, 0.05) is 5.56 Å². The Labute approximate surface area is 93.1 Å². The van der Waals surface area contributed by atoms with Gasteiger partial charge in [0.05, 0.1) is 5.56 Å². The number of aromatic nitrogens is 2. The van der Waals surface area contributed by atoms with E-state index in [2.05, 4.69) is 14.7 Å². The first-order valence-corrected chi connectivity index (χ1v) is 4.48. The number of carbonyl (C=O) groups excluding carboxylic acids is 1. The van der Waals surface area contributed by atoms with Gasteiger partial charge in [-0.25, -0.2) is 0 Å². The molecule has 17 heavy (non-hydrogen) atoms. The van der Waals surface area contributed by atoms with E-state index in [1.54, 1.807) is 0 Å². The Bertz CT molecular complexity index is 548. The summed E-state index contributed by atoms with van der Waals surface area (Å²) in [6.07, 6.45) is -4.24. The van der Waals surface area contributed by atoms with E-state index in [-0.39, 0.29) is 23.6 Å². The SMILES string of the molecule is O=Cc1nc(-c2ccccc2C(F)(F)F)no1. The van der Waals surface area contributed by atoms with E-state index < -0.39 is 11.7 Å². The summed E-state index contributed by atoms with van der Waals surface area (Å²) in [7, 11) is 0. The number of halogens is 3. The number of hydrogen-bond acceptors (Lipinski definition) is 4. The third-order valence-electron chi connectivity index (χ3n) is 2.02. The quantitative estimate of drug-likeness (QED) is 0.759. The molecule has 0 radical (unpaired) electrons. The summed E-state index contributed by atoms with van der Waals surface area (Å²) < 4.78 is 42.4. The van der Waals surface area contributed by atoms with Crippen LogP contribution in [0.1, 0.15) is 16.2 Å². The van der Waals surface area contributed by atoms with Gasteiger partial charge in [-0.2, -0.15) is 18.2 Å². The zero-order valence-electron chi connectivity index (χ0n) is 8.23. The van der Waals surface area contributed by atoms with Crippen LogP contribution in [0.25, 0.3) is 11.4 Å². The second kappa shape index (κ2) is 4.00. The lowest BCUT2D eigenvalue weighted by Gasteiger charge is -2.09. The van der Waals surface area contributed by atoms with Crippen molar-refractivity contribution in [3.8, 4) is 11.4 Å². The van der Waals surface area contributed by atoms with Crippen LogP contribution in [-0.4, -0.2) is 16.4 Å². The fraction of sp³-hybridized carbons (Fsp3) is 0.100. The van der Waals surface area contributed by atoms with Crippen LogP contribution >= 0.6 is 0 Å². The first-order valence-electron chi connectivity index (χ1n) is 4.48. The molecule has 0 saturated heterocycles. The minimum absolute atomic E-state index is 0.225. The van der Waals surface area contributed by atoms with Crippen molar-refractivity contribution in [3.63, 3.8) is 0 Å². The van der Waals surface area contributed by atoms with Crippen molar-refractivity contribution in [1.82, 2.24) is 10.1 Å². The zero-order chi connectivity index (χ0) is 12.5. The fourth-order valence-corrected chi connectivity index (χ4v) is 1.32. The van der Waals surface area contributed by atoms with E-state index in [4.69, 9.17) is 0 Å². The second-order valence-corrected chi connectivity index (χ2v) is 3.12. The molecule has 0 unspecified atom stereocenters. The molecule has 0 bridgehead atoms. The summed E-state index contributed by atoms with van der Waals surface area (Å²) in [6.45, 7) is 0. The van der Waals surface area contributed by atoms with Gasteiger partial charge < -0.3 is 4.52 Å². The van der Waals surface area contributed by atoms with Crippen molar-refractivity contribution in [2.45, 2.75) is 6.18 Å². The molecule has 0 fully saturated rings. The zero-order valence-corrected chi connectivity index (χ0v) is 8.23. The summed E-state index contributed by atoms with van der Waals surface area (Å²) >= 11 is 0. The monoisotopic (exact) mass is 242 g/mol. The lowest BCUT2D eigenvalue weighted by Crippen LogP contribution is -2.07. The lowest BCUT2D eigenvalue weighted by molar-refractivity contribution is -0.137. The molecule has 1 heterocycles. The Balaban J connectivity index is 2.55. The highest BCUT2D eigenvalue weighted by molar-refractivity contribution is 5.69. The number of nitrogens with zero attached hydrogens (tertiary/aromatic N) is 2. The molecule has 7 heteroatoms. The summed E-state index contributed by atoms with van der Waals surface area (Å²) in [5.74, 6) is -0.628. The minimum Gasteiger partial charge on any atom is -0.331 e. The van der Waals surface area contributed by atoms with Crippen LogP contribution < -0.4 is 0 Å². The number of hydrogen-bond donors (Lipinski definition) is 0. The van der Waals surface area contributed by atoms with Crippen molar-refractivity contribution in [2.24, 2.45) is 0 Å². The van der Waals surface area contributed by atoms with E-state index in [1.165, 1.54) is 18.2 Å². The summed E-state index contributed by atoms with van der Waals surface area (Å²) in [6, 6.07) is 4.79. The Morgan fingerprint density at radius 2 is 1.94 bits per heavy atom. The number of alkyl halides is 3. The van der Waals surface area contributed by atoms with Gasteiger partial charge in [-0.15, -0.1) is 0 Å². The molecule has 0 saturated carbocycles. The van der Waals surface area contributed by atoms with Crippen LogP contribution in [0.4, 0.5) is 13.2 Å². The van der Waals surface area contributed by atoms with E-state index in [0.29, 0.717) is 0 Å². The molecule has 2 rings (SSSR count). The van der Waals surface area contributed by atoms with E-state index in [9.17, 15) is 18.0 Å². The maximum Gasteiger partial charge on any atom is 0.417 e. The average Bonchev–Trinajstić information content (AvgIpc) is 2.76. The second-order valence-electron chi connectivity index (χ2n) is 3.12. The first kappa shape index (κ1) is 11.3. The molecule has 0 N–H and O–H groups in total. The molecular formula is C10H5F3N2O2. The van der Waals surface area contributed by atoms with Crippen LogP contribution in [0.15, 0.2) is 28.8 Å². The van der Waals surface area contributed by atoms with Crippen LogP contribution in [0.3, 0.4) is 0 Å². The number of rotatable bonds is 2. The normalized spacial score (nSPS) is 11.5. The summed E-state index contributed by atoms with van der Waals surface area (Å²) in [5, 5.41) is 3.31. The van der Waals surface area contributed by atoms with Gasteiger partial charge in [-0.3, -0.25) is 4.79 Å². The Hall–Kier alpha value is -2.18. The fourth-order valence-electron chi connectivity index (χ4n) is 1.32. The minimum atomic E-state index is -4.52. The molecular weight excluding hydrogens is 237 g/mol. The van der Waals surface area contributed by atoms with Crippen molar-refractivity contribution in [3.05, 3.63) is 35.7 Å². The smallest absolute Gasteiger partial charge is 0.331 e. The summed E-state index contributed by atoms with van der Waals surface area (Å²) in [5.41, 5.74) is -1.10. The Morgan fingerprint density at radius 1 is 1.24 bits per heavy atom. The molecule has 0 aliphatic carbocycles. The van der Waals surface area contributed by atoms with Gasteiger partial charge in [0.25, 0.3) is 5.89 Å². The van der Waals surface area contributed by atoms with Gasteiger partial charge in [-0.05, 0) is 6.07 Å². The maximum atomic E-state index is 12.7. The highest BCUT2D eigenvalue weighted by Gasteiger charge is 2.34. The molecule has 0 amide bonds. The first-order chi connectivity index (χ1) is 8.02. The average molecular weight is 242 g/mol. The van der Waals surface area contributed by atoms with E-state index >= 15 is 0 Å².